The van der Waals surface area contributed by atoms with Gasteiger partial charge in [0.2, 0.25) is 5.91 Å². The summed E-state index contributed by atoms with van der Waals surface area (Å²) >= 11 is 0. The number of aromatic nitrogens is 2. The Morgan fingerprint density at radius 1 is 1.57 bits per heavy atom. The summed E-state index contributed by atoms with van der Waals surface area (Å²) in [6.07, 6.45) is -0.516. The normalized spacial score (nSPS) is 13.3. The first-order chi connectivity index (χ1) is 11.1. The predicted octanol–water partition coefficient (Wildman–Crippen LogP) is 0.793. The first-order valence-electron chi connectivity index (χ1n) is 6.48. The lowest BCUT2D eigenvalue weighted by Gasteiger charge is -2.11. The molecule has 0 aliphatic carbocycles. The number of hydrogen-bond acceptors (Lipinski definition) is 5. The van der Waals surface area contributed by atoms with Crippen molar-refractivity contribution in [2.75, 3.05) is 25.0 Å². The third-order valence-corrected chi connectivity index (χ3v) is 2.99. The molecule has 23 heavy (non-hydrogen) atoms. The van der Waals surface area contributed by atoms with Crippen molar-refractivity contribution in [3.05, 3.63) is 24.0 Å². The molecular formula is C13H13FN4O5. The minimum atomic E-state index is -0.516. The average Bonchev–Trinajstić information content (AvgIpc) is 3.09. The molecule has 0 saturated carbocycles. The molecule has 1 aromatic carbocycles. The number of fused-ring (bicyclic) bond motifs is 1. The Balaban J connectivity index is 0.000000595. The number of para-hydroxylation sites is 1. The second kappa shape index (κ2) is 7.20. The van der Waals surface area contributed by atoms with Crippen molar-refractivity contribution in [3.63, 3.8) is 0 Å². The third kappa shape index (κ3) is 3.73. The summed E-state index contributed by atoms with van der Waals surface area (Å²) in [5.41, 5.74) is 0.225. The molecule has 0 bridgehead atoms. The Kier molecular flexibility index (Phi) is 5.07. The second-order valence-corrected chi connectivity index (χ2v) is 4.42. The number of anilines is 1. The summed E-state index contributed by atoms with van der Waals surface area (Å²) < 4.78 is 18.2. The Morgan fingerprint density at radius 2 is 2.30 bits per heavy atom. The van der Waals surface area contributed by atoms with E-state index in [1.807, 2.05) is 0 Å². The second-order valence-electron chi connectivity index (χ2n) is 4.42. The fraction of sp³-hybridized carbons (Fsp3) is 0.231. The van der Waals surface area contributed by atoms with E-state index in [0.29, 0.717) is 11.9 Å². The smallest absolute Gasteiger partial charge is 0.410 e. The van der Waals surface area contributed by atoms with E-state index in [4.69, 9.17) is 14.6 Å². The lowest BCUT2D eigenvalue weighted by atomic mass is 10.2. The fourth-order valence-corrected chi connectivity index (χ4v) is 2.02. The number of ether oxygens (including phenoxy) is 1. The quantitative estimate of drug-likeness (QED) is 0.717. The number of H-pyrrole nitrogens is 1. The number of nitrogens with one attached hydrogen (secondary N) is 2. The molecule has 3 N–H and O–H groups in total. The SMILES string of the molecule is O=C(CN1CCOC1=O)Nc1n[nH]c2c(F)cccc12.O=CO. The Labute approximate surface area is 129 Å². The van der Waals surface area contributed by atoms with E-state index in [1.165, 1.54) is 17.0 Å². The zero-order chi connectivity index (χ0) is 16.8. The predicted molar refractivity (Wildman–Crippen MR) is 76.3 cm³/mol. The van der Waals surface area contributed by atoms with Crippen molar-refractivity contribution >= 4 is 35.2 Å². The van der Waals surface area contributed by atoms with Crippen molar-refractivity contribution in [2.24, 2.45) is 0 Å². The number of halogens is 1. The number of cyclic esters (lactones) is 1. The molecule has 3 rings (SSSR count). The molecule has 2 heterocycles. The zero-order valence-electron chi connectivity index (χ0n) is 11.8. The van der Waals surface area contributed by atoms with Gasteiger partial charge in [-0.25, -0.2) is 9.18 Å². The molecule has 0 spiro atoms. The molecule has 0 atom stereocenters. The molecule has 0 unspecified atom stereocenters. The average molecular weight is 324 g/mol. The minimum absolute atomic E-state index is 0.123. The highest BCUT2D eigenvalue weighted by Gasteiger charge is 2.24. The molecule has 1 aliphatic heterocycles. The standard InChI is InChI=1S/C12H11FN4O3.CH2O2/c13-8-3-1-2-7-10(8)15-16-11(7)14-9(18)6-17-4-5-20-12(17)19;2-1-3/h1-3H,4-6H2,(H2,14,15,16,18);1H,(H,2,3). The number of aromatic amines is 1. The number of nitrogens with zero attached hydrogens (tertiary/aromatic N) is 2. The molecule has 1 saturated heterocycles. The van der Waals surface area contributed by atoms with Crippen LogP contribution in [-0.2, 0) is 14.3 Å². The van der Waals surface area contributed by atoms with Crippen LogP contribution in [0.15, 0.2) is 18.2 Å². The number of carbonyl (C=O) groups excluding carboxylic acids is 2. The summed E-state index contributed by atoms with van der Waals surface area (Å²) in [6.45, 7) is 0.285. The van der Waals surface area contributed by atoms with Gasteiger partial charge in [0, 0.05) is 5.39 Å². The summed E-state index contributed by atoms with van der Waals surface area (Å²) in [5, 5.41) is 16.3. The molecule has 0 radical (unpaired) electrons. The number of rotatable bonds is 3. The summed E-state index contributed by atoms with van der Waals surface area (Å²) in [5.74, 6) is -0.628. The molecule has 2 amide bonds. The Hall–Kier alpha value is -3.17. The Morgan fingerprint density at radius 3 is 2.96 bits per heavy atom. The number of benzene rings is 1. The molecule has 2 aromatic rings. The lowest BCUT2D eigenvalue weighted by molar-refractivity contribution is -0.123. The van der Waals surface area contributed by atoms with E-state index < -0.39 is 17.8 Å². The molecule has 1 aromatic heterocycles. The number of carboxylic acid groups (broad SMARTS) is 1. The van der Waals surface area contributed by atoms with Crippen LogP contribution in [0.3, 0.4) is 0 Å². The highest BCUT2D eigenvalue weighted by atomic mass is 19.1. The summed E-state index contributed by atoms with van der Waals surface area (Å²) in [4.78, 5) is 32.7. The van der Waals surface area contributed by atoms with Crippen LogP contribution >= 0.6 is 0 Å². The van der Waals surface area contributed by atoms with E-state index >= 15 is 0 Å². The van der Waals surface area contributed by atoms with Gasteiger partial charge in [-0.05, 0) is 12.1 Å². The Bertz CT molecular complexity index is 732. The number of carbonyl (C=O) groups is 3. The van der Waals surface area contributed by atoms with Crippen LogP contribution in [0.25, 0.3) is 10.9 Å². The lowest BCUT2D eigenvalue weighted by Crippen LogP contribution is -2.33. The summed E-state index contributed by atoms with van der Waals surface area (Å²) in [7, 11) is 0. The van der Waals surface area contributed by atoms with E-state index in [-0.39, 0.29) is 31.0 Å². The van der Waals surface area contributed by atoms with E-state index in [1.54, 1.807) is 6.07 Å². The molecule has 10 heteroatoms. The van der Waals surface area contributed by atoms with Gasteiger partial charge in [-0.15, -0.1) is 0 Å². The van der Waals surface area contributed by atoms with E-state index in [2.05, 4.69) is 15.5 Å². The van der Waals surface area contributed by atoms with E-state index in [9.17, 15) is 14.0 Å². The van der Waals surface area contributed by atoms with Gasteiger partial charge >= 0.3 is 6.09 Å². The van der Waals surface area contributed by atoms with Crippen molar-refractivity contribution in [1.29, 1.82) is 0 Å². The van der Waals surface area contributed by atoms with Gasteiger partial charge < -0.3 is 15.2 Å². The molecule has 122 valence electrons. The van der Waals surface area contributed by atoms with Gasteiger partial charge in [-0.2, -0.15) is 5.10 Å². The molecular weight excluding hydrogens is 311 g/mol. The van der Waals surface area contributed by atoms with E-state index in [0.717, 1.165) is 0 Å². The monoisotopic (exact) mass is 324 g/mol. The van der Waals surface area contributed by atoms with Gasteiger partial charge in [0.25, 0.3) is 6.47 Å². The number of amides is 2. The number of hydrogen-bond donors (Lipinski definition) is 3. The highest BCUT2D eigenvalue weighted by molar-refractivity contribution is 6.01. The first-order valence-corrected chi connectivity index (χ1v) is 6.48. The largest absolute Gasteiger partial charge is 0.483 e. The maximum atomic E-state index is 13.5. The highest BCUT2D eigenvalue weighted by Crippen LogP contribution is 2.22. The topological polar surface area (TPSA) is 125 Å². The van der Waals surface area contributed by atoms with Gasteiger partial charge in [-0.3, -0.25) is 19.6 Å². The van der Waals surface area contributed by atoms with Gasteiger partial charge in [0.15, 0.2) is 5.82 Å². The van der Waals surface area contributed by atoms with Crippen LogP contribution in [0.2, 0.25) is 0 Å². The summed E-state index contributed by atoms with van der Waals surface area (Å²) in [6, 6.07) is 4.47. The van der Waals surface area contributed by atoms with Crippen LogP contribution in [0.4, 0.5) is 15.0 Å². The molecule has 1 aliphatic rings. The van der Waals surface area contributed by atoms with Crippen LogP contribution in [0.5, 0.6) is 0 Å². The van der Waals surface area contributed by atoms with Gasteiger partial charge in [-0.1, -0.05) is 6.07 Å². The maximum absolute atomic E-state index is 13.5. The fourth-order valence-electron chi connectivity index (χ4n) is 2.02. The van der Waals surface area contributed by atoms with Gasteiger partial charge in [0.05, 0.1) is 6.54 Å². The first kappa shape index (κ1) is 16.2. The van der Waals surface area contributed by atoms with Crippen LogP contribution in [0.1, 0.15) is 0 Å². The van der Waals surface area contributed by atoms with Crippen molar-refractivity contribution < 1.29 is 28.6 Å². The minimum Gasteiger partial charge on any atom is -0.483 e. The van der Waals surface area contributed by atoms with Crippen molar-refractivity contribution in [1.82, 2.24) is 15.1 Å². The third-order valence-electron chi connectivity index (χ3n) is 2.99. The van der Waals surface area contributed by atoms with Gasteiger partial charge in [0.1, 0.15) is 24.5 Å². The van der Waals surface area contributed by atoms with Crippen LogP contribution in [-0.4, -0.2) is 58.4 Å². The van der Waals surface area contributed by atoms with Crippen LogP contribution in [0, 0.1) is 5.82 Å². The molecule has 1 fully saturated rings. The zero-order valence-corrected chi connectivity index (χ0v) is 11.8. The van der Waals surface area contributed by atoms with Crippen LogP contribution < -0.4 is 5.32 Å². The van der Waals surface area contributed by atoms with Crippen molar-refractivity contribution in [2.45, 2.75) is 0 Å². The maximum Gasteiger partial charge on any atom is 0.410 e. The van der Waals surface area contributed by atoms with Crippen molar-refractivity contribution in [3.8, 4) is 0 Å². The molecule has 9 nitrogen and oxygen atoms in total.